The number of benzene rings is 1. The van der Waals surface area contributed by atoms with Crippen molar-refractivity contribution in [3.8, 4) is 5.75 Å². The second kappa shape index (κ2) is 6.83. The Morgan fingerprint density at radius 3 is 2.75 bits per heavy atom. The molecule has 0 amide bonds. The normalized spacial score (nSPS) is 18.9. The van der Waals surface area contributed by atoms with E-state index < -0.39 is 17.2 Å². The van der Waals surface area contributed by atoms with E-state index in [1.165, 1.54) is 24.3 Å². The van der Waals surface area contributed by atoms with Crippen LogP contribution in [0.3, 0.4) is 0 Å². The molecule has 0 saturated carbocycles. The standard InChI is InChI=1S/C12H13NO7/c14-12(20-11-5-6-17-8-18-7-11)19-10-3-1-9(2-4-10)13(15)16/h1-4,11H,5-8H2. The van der Waals surface area contributed by atoms with Crippen LogP contribution in [0.4, 0.5) is 10.5 Å². The number of carbonyl (C=O) groups excluding carboxylic acids is 1. The Morgan fingerprint density at radius 1 is 1.30 bits per heavy atom. The van der Waals surface area contributed by atoms with Gasteiger partial charge in [-0.15, -0.1) is 0 Å². The van der Waals surface area contributed by atoms with E-state index in [1.807, 2.05) is 0 Å². The summed E-state index contributed by atoms with van der Waals surface area (Å²) in [6.45, 7) is 0.863. The van der Waals surface area contributed by atoms with Gasteiger partial charge in [0.05, 0.1) is 18.1 Å². The van der Waals surface area contributed by atoms with Crippen LogP contribution in [-0.4, -0.2) is 37.2 Å². The number of non-ortho nitro benzene ring substituents is 1. The van der Waals surface area contributed by atoms with Crippen LogP contribution in [0.15, 0.2) is 24.3 Å². The summed E-state index contributed by atoms with van der Waals surface area (Å²) in [6, 6.07) is 5.13. The van der Waals surface area contributed by atoms with E-state index in [0.717, 1.165) is 0 Å². The Morgan fingerprint density at radius 2 is 2.05 bits per heavy atom. The van der Waals surface area contributed by atoms with Gasteiger partial charge in [0.15, 0.2) is 0 Å². The largest absolute Gasteiger partial charge is 0.514 e. The van der Waals surface area contributed by atoms with Gasteiger partial charge in [-0.2, -0.15) is 0 Å². The summed E-state index contributed by atoms with van der Waals surface area (Å²) in [4.78, 5) is 21.5. The predicted molar refractivity (Wildman–Crippen MR) is 65.4 cm³/mol. The highest BCUT2D eigenvalue weighted by Gasteiger charge is 2.19. The minimum absolute atomic E-state index is 0.0833. The topological polar surface area (TPSA) is 97.1 Å². The molecular formula is C12H13NO7. The molecule has 20 heavy (non-hydrogen) atoms. The zero-order valence-electron chi connectivity index (χ0n) is 10.5. The Labute approximate surface area is 114 Å². The molecule has 2 rings (SSSR count). The highest BCUT2D eigenvalue weighted by Crippen LogP contribution is 2.18. The predicted octanol–water partition coefficient (Wildman–Crippen LogP) is 1.87. The van der Waals surface area contributed by atoms with Crippen molar-refractivity contribution in [2.24, 2.45) is 0 Å². The number of hydrogen-bond donors (Lipinski definition) is 0. The first-order valence-electron chi connectivity index (χ1n) is 5.93. The lowest BCUT2D eigenvalue weighted by molar-refractivity contribution is -0.384. The minimum atomic E-state index is -0.880. The number of carbonyl (C=O) groups is 1. The van der Waals surface area contributed by atoms with Gasteiger partial charge in [-0.3, -0.25) is 10.1 Å². The molecule has 8 heteroatoms. The molecule has 1 atom stereocenters. The maximum Gasteiger partial charge on any atom is 0.514 e. The molecule has 0 aromatic heterocycles. The lowest BCUT2D eigenvalue weighted by Gasteiger charge is -2.13. The Hall–Kier alpha value is -2.19. The summed E-state index contributed by atoms with van der Waals surface area (Å²) < 4.78 is 20.1. The van der Waals surface area contributed by atoms with Crippen LogP contribution >= 0.6 is 0 Å². The molecule has 1 aliphatic rings. The monoisotopic (exact) mass is 283 g/mol. The smallest absolute Gasteiger partial charge is 0.428 e. The molecule has 0 N–H and O–H groups in total. The highest BCUT2D eigenvalue weighted by atomic mass is 16.7. The molecule has 1 saturated heterocycles. The molecule has 8 nitrogen and oxygen atoms in total. The van der Waals surface area contributed by atoms with Crippen LogP contribution in [0.2, 0.25) is 0 Å². The van der Waals surface area contributed by atoms with E-state index in [0.29, 0.717) is 13.0 Å². The summed E-state index contributed by atoms with van der Waals surface area (Å²) in [7, 11) is 0. The van der Waals surface area contributed by atoms with Crippen LogP contribution in [0, 0.1) is 10.1 Å². The third kappa shape index (κ3) is 4.18. The Bertz CT molecular complexity index is 465. The summed E-state index contributed by atoms with van der Waals surface area (Å²) in [5, 5.41) is 10.5. The van der Waals surface area contributed by atoms with Gasteiger partial charge in [0.25, 0.3) is 5.69 Å². The van der Waals surface area contributed by atoms with Crippen LogP contribution in [0.5, 0.6) is 5.75 Å². The fraction of sp³-hybridized carbons (Fsp3) is 0.417. The van der Waals surface area contributed by atoms with E-state index >= 15 is 0 Å². The van der Waals surface area contributed by atoms with Gasteiger partial charge in [0.1, 0.15) is 18.6 Å². The lowest BCUT2D eigenvalue weighted by atomic mass is 10.3. The number of hydrogen-bond acceptors (Lipinski definition) is 7. The van der Waals surface area contributed by atoms with Gasteiger partial charge < -0.3 is 18.9 Å². The second-order valence-electron chi connectivity index (χ2n) is 4.03. The van der Waals surface area contributed by atoms with Gasteiger partial charge in [-0.25, -0.2) is 4.79 Å². The molecule has 0 bridgehead atoms. The summed E-state index contributed by atoms with van der Waals surface area (Å²) in [5.74, 6) is 0.173. The van der Waals surface area contributed by atoms with Crippen molar-refractivity contribution in [3.05, 3.63) is 34.4 Å². The summed E-state index contributed by atoms with van der Waals surface area (Å²) in [6.07, 6.45) is -0.785. The molecular weight excluding hydrogens is 270 g/mol. The first kappa shape index (κ1) is 14.2. The first-order chi connectivity index (χ1) is 9.65. The molecule has 108 valence electrons. The molecule has 1 heterocycles. The van der Waals surface area contributed by atoms with Crippen LogP contribution in [0.1, 0.15) is 6.42 Å². The van der Waals surface area contributed by atoms with E-state index in [1.54, 1.807) is 0 Å². The molecule has 1 fully saturated rings. The molecule has 0 aliphatic carbocycles. The van der Waals surface area contributed by atoms with Crippen molar-refractivity contribution in [3.63, 3.8) is 0 Å². The number of nitro groups is 1. The maximum absolute atomic E-state index is 11.5. The van der Waals surface area contributed by atoms with E-state index in [-0.39, 0.29) is 24.8 Å². The second-order valence-corrected chi connectivity index (χ2v) is 4.03. The van der Waals surface area contributed by atoms with Crippen molar-refractivity contribution < 1.29 is 28.7 Å². The highest BCUT2D eigenvalue weighted by molar-refractivity contribution is 5.64. The van der Waals surface area contributed by atoms with E-state index in [9.17, 15) is 14.9 Å². The summed E-state index contributed by atoms with van der Waals surface area (Å²) >= 11 is 0. The minimum Gasteiger partial charge on any atom is -0.428 e. The zero-order valence-corrected chi connectivity index (χ0v) is 10.5. The van der Waals surface area contributed by atoms with Gasteiger partial charge in [-0.1, -0.05) is 0 Å². The SMILES string of the molecule is O=C(Oc1ccc([N+](=O)[O-])cc1)OC1CCOCOC1. The Kier molecular flexibility index (Phi) is 4.85. The number of nitro benzene ring substituents is 1. The Balaban J connectivity index is 1.85. The third-order valence-electron chi connectivity index (χ3n) is 2.57. The van der Waals surface area contributed by atoms with E-state index in [4.69, 9.17) is 18.9 Å². The summed E-state index contributed by atoms with van der Waals surface area (Å²) in [5.41, 5.74) is -0.0833. The molecule has 0 spiro atoms. The van der Waals surface area contributed by atoms with Crippen LogP contribution < -0.4 is 4.74 Å². The fourth-order valence-corrected chi connectivity index (χ4v) is 1.58. The first-order valence-corrected chi connectivity index (χ1v) is 5.93. The van der Waals surface area contributed by atoms with Crippen molar-refractivity contribution in [2.45, 2.75) is 12.5 Å². The molecule has 1 aromatic rings. The van der Waals surface area contributed by atoms with Crippen LogP contribution in [0.25, 0.3) is 0 Å². The number of rotatable bonds is 3. The van der Waals surface area contributed by atoms with Gasteiger partial charge in [-0.05, 0) is 12.1 Å². The average Bonchev–Trinajstić information content (AvgIpc) is 2.68. The van der Waals surface area contributed by atoms with Crippen molar-refractivity contribution in [1.29, 1.82) is 0 Å². The number of nitrogens with zero attached hydrogens (tertiary/aromatic N) is 1. The molecule has 1 unspecified atom stereocenters. The maximum atomic E-state index is 11.5. The van der Waals surface area contributed by atoms with Gasteiger partial charge in [0.2, 0.25) is 0 Å². The average molecular weight is 283 g/mol. The fourth-order valence-electron chi connectivity index (χ4n) is 1.58. The van der Waals surface area contributed by atoms with Crippen molar-refractivity contribution in [2.75, 3.05) is 20.0 Å². The molecule has 1 aliphatic heterocycles. The number of ether oxygens (including phenoxy) is 4. The van der Waals surface area contributed by atoms with Gasteiger partial charge in [0, 0.05) is 18.6 Å². The van der Waals surface area contributed by atoms with Crippen molar-refractivity contribution in [1.82, 2.24) is 0 Å². The molecule has 1 aromatic carbocycles. The van der Waals surface area contributed by atoms with Crippen molar-refractivity contribution >= 4 is 11.8 Å². The van der Waals surface area contributed by atoms with E-state index in [2.05, 4.69) is 0 Å². The quantitative estimate of drug-likeness (QED) is 0.361. The van der Waals surface area contributed by atoms with Gasteiger partial charge >= 0.3 is 6.16 Å². The van der Waals surface area contributed by atoms with Crippen LogP contribution in [-0.2, 0) is 14.2 Å². The zero-order chi connectivity index (χ0) is 14.4. The lowest BCUT2D eigenvalue weighted by Crippen LogP contribution is -2.24. The molecule has 0 radical (unpaired) electrons. The third-order valence-corrected chi connectivity index (χ3v) is 2.57.